The zero-order valence-corrected chi connectivity index (χ0v) is 17.9. The number of hydrogen-bond acceptors (Lipinski definition) is 4. The number of rotatable bonds is 11. The smallest absolute Gasteiger partial charge is 0.175 e. The van der Waals surface area contributed by atoms with Crippen LogP contribution in [0, 0.1) is 0 Å². The molecule has 1 rings (SSSR count). The van der Waals surface area contributed by atoms with Gasteiger partial charge in [-0.3, -0.25) is 0 Å². The van der Waals surface area contributed by atoms with Crippen molar-refractivity contribution in [1.82, 2.24) is 10.2 Å². The molecule has 1 aromatic rings. The van der Waals surface area contributed by atoms with Crippen molar-refractivity contribution in [2.45, 2.75) is 20.4 Å². The van der Waals surface area contributed by atoms with Gasteiger partial charge in [-0.05, 0) is 46.7 Å². The second kappa shape index (κ2) is 14.8. The molecule has 0 amide bonds. The normalized spacial score (nSPS) is 9.88. The van der Waals surface area contributed by atoms with E-state index in [1.165, 1.54) is 0 Å². The van der Waals surface area contributed by atoms with Gasteiger partial charge in [0.15, 0.2) is 11.5 Å². The maximum Gasteiger partial charge on any atom is 0.175 e. The zero-order chi connectivity index (χ0) is 16.4. The summed E-state index contributed by atoms with van der Waals surface area (Å²) in [5.74, 6) is 1.45. The van der Waals surface area contributed by atoms with Crippen LogP contribution >= 0.6 is 40.7 Å². The van der Waals surface area contributed by atoms with Crippen LogP contribution in [-0.4, -0.2) is 44.8 Å². The Morgan fingerprint density at radius 3 is 2.46 bits per heavy atom. The molecule has 0 heterocycles. The second-order valence-electron chi connectivity index (χ2n) is 4.91. The number of methoxy groups -OCH3 is 1. The molecule has 24 heavy (non-hydrogen) atoms. The van der Waals surface area contributed by atoms with Gasteiger partial charge >= 0.3 is 0 Å². The quantitative estimate of drug-likeness (QED) is 0.408. The number of likely N-dealkylation sites (N-methyl/N-ethyl adjacent to an activating group) is 1. The average Bonchev–Trinajstić information content (AvgIpc) is 2.53. The van der Waals surface area contributed by atoms with Crippen molar-refractivity contribution < 1.29 is 9.47 Å². The summed E-state index contributed by atoms with van der Waals surface area (Å²) in [6.45, 7) is 13.5. The minimum absolute atomic E-state index is 0. The maximum absolute atomic E-state index is 5.63. The summed E-state index contributed by atoms with van der Waals surface area (Å²) >= 11 is 3.55. The van der Waals surface area contributed by atoms with Gasteiger partial charge in [0, 0.05) is 19.6 Å². The van der Waals surface area contributed by atoms with E-state index in [0.29, 0.717) is 12.4 Å². The number of nitrogens with zero attached hydrogens (tertiary/aromatic N) is 1. The van der Waals surface area contributed by atoms with Crippen LogP contribution < -0.4 is 14.8 Å². The molecule has 4 nitrogen and oxygen atoms in total. The molecule has 0 aliphatic heterocycles. The summed E-state index contributed by atoms with van der Waals surface area (Å²) in [5, 5.41) is 3.47. The number of hydrogen-bond donors (Lipinski definition) is 1. The van der Waals surface area contributed by atoms with Crippen molar-refractivity contribution in [1.29, 1.82) is 0 Å². The zero-order valence-electron chi connectivity index (χ0n) is 14.6. The molecule has 0 saturated heterocycles. The maximum atomic E-state index is 5.63. The highest BCUT2D eigenvalue weighted by molar-refractivity contribution is 9.10. The highest BCUT2D eigenvalue weighted by Gasteiger charge is 2.11. The van der Waals surface area contributed by atoms with E-state index in [4.69, 9.17) is 9.47 Å². The monoisotopic (exact) mass is 442 g/mol. The van der Waals surface area contributed by atoms with Crippen molar-refractivity contribution in [3.63, 3.8) is 0 Å². The number of ether oxygens (including phenoxy) is 2. The van der Waals surface area contributed by atoms with Crippen molar-refractivity contribution in [3.05, 3.63) is 34.8 Å². The topological polar surface area (TPSA) is 33.7 Å². The molecule has 0 aliphatic carbocycles. The molecule has 140 valence electrons. The minimum Gasteiger partial charge on any atom is -0.493 e. The van der Waals surface area contributed by atoms with Crippen LogP contribution in [0.4, 0.5) is 0 Å². The largest absolute Gasteiger partial charge is 0.493 e. The van der Waals surface area contributed by atoms with Gasteiger partial charge in [0.1, 0.15) is 6.61 Å². The van der Waals surface area contributed by atoms with Gasteiger partial charge in [-0.2, -0.15) is 0 Å². The molecule has 0 aromatic heterocycles. The number of benzene rings is 1. The van der Waals surface area contributed by atoms with E-state index >= 15 is 0 Å². The Morgan fingerprint density at radius 2 is 1.92 bits per heavy atom. The Balaban J connectivity index is 0. The molecule has 0 saturated carbocycles. The lowest BCUT2D eigenvalue weighted by atomic mass is 10.2. The van der Waals surface area contributed by atoms with E-state index in [-0.39, 0.29) is 24.8 Å². The van der Waals surface area contributed by atoms with E-state index in [9.17, 15) is 0 Å². The Kier molecular flexibility index (Phi) is 15.9. The number of halogens is 3. The lowest BCUT2D eigenvalue weighted by Gasteiger charge is -2.18. The molecule has 0 spiro atoms. The predicted octanol–water partition coefficient (Wildman–Crippen LogP) is 4.30. The molecule has 1 aromatic carbocycles. The highest BCUT2D eigenvalue weighted by Crippen LogP contribution is 2.36. The highest BCUT2D eigenvalue weighted by atomic mass is 79.9. The van der Waals surface area contributed by atoms with Crippen LogP contribution in [0.3, 0.4) is 0 Å². The van der Waals surface area contributed by atoms with Crippen LogP contribution in [-0.2, 0) is 6.54 Å². The van der Waals surface area contributed by atoms with Crippen LogP contribution in [0.5, 0.6) is 11.5 Å². The fraction of sp³-hybridized carbons (Fsp3) is 0.529. The third-order valence-corrected chi connectivity index (χ3v) is 4.05. The molecule has 0 unspecified atom stereocenters. The summed E-state index contributed by atoms with van der Waals surface area (Å²) in [6.07, 6.45) is 1.72. The third kappa shape index (κ3) is 8.58. The molecule has 0 fully saturated rings. The molecule has 1 N–H and O–H groups in total. The first-order chi connectivity index (χ1) is 10.7. The molecule has 0 atom stereocenters. The Bertz CT molecular complexity index is 472. The lowest BCUT2D eigenvalue weighted by molar-refractivity contribution is 0.302. The SMILES string of the molecule is C=CCOc1c(Br)cc(CNCCN(CC)CC)cc1OC.Cl.Cl. The molecule has 7 heteroatoms. The van der Waals surface area contributed by atoms with Gasteiger partial charge in [0.2, 0.25) is 0 Å². The standard InChI is InChI=1S/C17H27BrN2O2.2ClH/c1-5-10-22-17-15(18)11-14(12-16(17)21-4)13-19-8-9-20(6-2)7-3;;/h5,11-12,19H,1,6-10,13H2,2-4H3;2*1H. The number of nitrogens with one attached hydrogen (secondary N) is 1. The van der Waals surface area contributed by atoms with E-state index in [2.05, 4.69) is 52.6 Å². The van der Waals surface area contributed by atoms with Crippen LogP contribution in [0.25, 0.3) is 0 Å². The van der Waals surface area contributed by atoms with E-state index in [0.717, 1.165) is 48.5 Å². The van der Waals surface area contributed by atoms with Crippen molar-refractivity contribution in [3.8, 4) is 11.5 Å². The van der Waals surface area contributed by atoms with Crippen molar-refractivity contribution in [2.24, 2.45) is 0 Å². The van der Waals surface area contributed by atoms with Gasteiger partial charge in [0.05, 0.1) is 11.6 Å². The summed E-state index contributed by atoms with van der Waals surface area (Å²) in [4.78, 5) is 2.40. The van der Waals surface area contributed by atoms with Gasteiger partial charge in [-0.25, -0.2) is 0 Å². The molecule has 0 aliphatic rings. The van der Waals surface area contributed by atoms with E-state index < -0.39 is 0 Å². The fourth-order valence-electron chi connectivity index (χ4n) is 2.17. The Labute approximate surface area is 166 Å². The first kappa shape index (κ1) is 25.8. The average molecular weight is 444 g/mol. The third-order valence-electron chi connectivity index (χ3n) is 3.46. The summed E-state index contributed by atoms with van der Waals surface area (Å²) < 4.78 is 11.9. The van der Waals surface area contributed by atoms with Gasteiger partial charge < -0.3 is 19.7 Å². The first-order valence-electron chi connectivity index (χ1n) is 7.69. The van der Waals surface area contributed by atoms with Crippen molar-refractivity contribution >= 4 is 40.7 Å². The predicted molar refractivity (Wildman–Crippen MR) is 110 cm³/mol. The van der Waals surface area contributed by atoms with Gasteiger partial charge in [0.25, 0.3) is 0 Å². The molecule has 0 bridgehead atoms. The first-order valence-corrected chi connectivity index (χ1v) is 8.48. The van der Waals surface area contributed by atoms with Gasteiger partial charge in [-0.1, -0.05) is 26.5 Å². The summed E-state index contributed by atoms with van der Waals surface area (Å²) in [5.41, 5.74) is 1.16. The molecular formula is C17H29BrCl2N2O2. The Hall–Kier alpha value is -0.460. The van der Waals surface area contributed by atoms with E-state index in [1.807, 2.05) is 6.07 Å². The molecule has 0 radical (unpaired) electrons. The van der Waals surface area contributed by atoms with Crippen LogP contribution in [0.1, 0.15) is 19.4 Å². The lowest BCUT2D eigenvalue weighted by Crippen LogP contribution is -2.31. The minimum atomic E-state index is 0. The van der Waals surface area contributed by atoms with Crippen LogP contribution in [0.15, 0.2) is 29.3 Å². The fourth-order valence-corrected chi connectivity index (χ4v) is 2.77. The molecular weight excluding hydrogens is 415 g/mol. The van der Waals surface area contributed by atoms with Crippen molar-refractivity contribution in [2.75, 3.05) is 39.9 Å². The van der Waals surface area contributed by atoms with E-state index in [1.54, 1.807) is 13.2 Å². The summed E-state index contributed by atoms with van der Waals surface area (Å²) in [6, 6.07) is 4.07. The van der Waals surface area contributed by atoms with Crippen LogP contribution in [0.2, 0.25) is 0 Å². The van der Waals surface area contributed by atoms with Gasteiger partial charge in [-0.15, -0.1) is 24.8 Å². The summed E-state index contributed by atoms with van der Waals surface area (Å²) in [7, 11) is 1.65. The second-order valence-corrected chi connectivity index (χ2v) is 5.77. The Morgan fingerprint density at radius 1 is 1.25 bits per heavy atom.